The zero-order valence-corrected chi connectivity index (χ0v) is 48.0. The summed E-state index contributed by atoms with van der Waals surface area (Å²) in [4.78, 5) is 4.52. The van der Waals surface area contributed by atoms with Crippen LogP contribution in [-0.2, 0) is 32.5 Å². The molecule has 0 saturated heterocycles. The number of fused-ring (bicyclic) bond motifs is 3. The van der Waals surface area contributed by atoms with E-state index in [9.17, 15) is 0 Å². The Balaban J connectivity index is 1.73. The lowest BCUT2D eigenvalue weighted by atomic mass is 9.53. The van der Waals surface area contributed by atoms with Gasteiger partial charge in [0.25, 0.3) is 0 Å². The number of halogens is 6. The summed E-state index contributed by atoms with van der Waals surface area (Å²) in [6.45, 7) is 21.6. The molecule has 0 radical (unpaired) electrons. The predicted octanol–water partition coefficient (Wildman–Crippen LogP) is 17.9. The summed E-state index contributed by atoms with van der Waals surface area (Å²) in [5, 5.41) is 0. The molecule has 412 valence electrons. The molecule has 0 saturated carbocycles. The summed E-state index contributed by atoms with van der Waals surface area (Å²) >= 11 is 0. The SMILES string of the molecule is CCC(C)(CC)c1ccc(C(c2ccc(C(CC)(CN)C(CC)(CC)c3ccc4c(c3)C(CCCCCCN(C)C)(CCCCCCN(C)C)c3cc(C(C)(CC)CC)ccc3-4)cc2)(C(F)(F)F)C(F)(F)F)cc1. The van der Waals surface area contributed by atoms with Crippen LogP contribution in [0.1, 0.15) is 216 Å². The largest absolute Gasteiger partial charge is 0.411 e. The van der Waals surface area contributed by atoms with Crippen molar-refractivity contribution >= 4 is 0 Å². The number of unbranched alkanes of at least 4 members (excludes halogenated alkanes) is 6. The summed E-state index contributed by atoms with van der Waals surface area (Å²) in [6.07, 6.45) is 5.12. The van der Waals surface area contributed by atoms with Crippen molar-refractivity contribution < 1.29 is 26.3 Å². The van der Waals surface area contributed by atoms with Crippen LogP contribution in [0, 0.1) is 0 Å². The molecule has 1 atom stereocenters. The minimum absolute atomic E-state index is 0.0337. The van der Waals surface area contributed by atoms with E-state index in [1.54, 1.807) is 0 Å². The maximum absolute atomic E-state index is 15.7. The average Bonchev–Trinajstić information content (AvgIpc) is 3.64. The Kier molecular flexibility index (Phi) is 20.5. The molecule has 1 aliphatic carbocycles. The van der Waals surface area contributed by atoms with E-state index in [4.69, 9.17) is 5.73 Å². The van der Waals surface area contributed by atoms with Crippen LogP contribution in [0.15, 0.2) is 84.9 Å². The molecule has 4 aromatic carbocycles. The Labute approximate surface area is 444 Å². The van der Waals surface area contributed by atoms with E-state index in [0.717, 1.165) is 107 Å². The lowest BCUT2D eigenvalue weighted by molar-refractivity contribution is -0.288. The van der Waals surface area contributed by atoms with Crippen LogP contribution in [0.5, 0.6) is 0 Å². The van der Waals surface area contributed by atoms with E-state index in [0.29, 0.717) is 43.2 Å². The van der Waals surface area contributed by atoms with Gasteiger partial charge in [0.15, 0.2) is 0 Å². The van der Waals surface area contributed by atoms with Crippen molar-refractivity contribution in [3.8, 4) is 11.1 Å². The van der Waals surface area contributed by atoms with Crippen molar-refractivity contribution in [3.05, 3.63) is 129 Å². The van der Waals surface area contributed by atoms with Crippen molar-refractivity contribution in [1.82, 2.24) is 9.80 Å². The Hall–Kier alpha value is -3.66. The van der Waals surface area contributed by atoms with Gasteiger partial charge >= 0.3 is 12.4 Å². The molecule has 0 amide bonds. The molecule has 0 heterocycles. The van der Waals surface area contributed by atoms with Crippen molar-refractivity contribution in [2.45, 2.75) is 216 Å². The van der Waals surface area contributed by atoms with E-state index in [2.05, 4.69) is 116 Å². The highest BCUT2D eigenvalue weighted by Gasteiger charge is 2.72. The molecule has 4 aromatic rings. The first-order valence-electron chi connectivity index (χ1n) is 28.6. The summed E-state index contributed by atoms with van der Waals surface area (Å²) in [6, 6.07) is 24.6. The molecule has 9 heteroatoms. The number of nitrogens with two attached hydrogens (primary N) is 1. The zero-order valence-electron chi connectivity index (χ0n) is 48.0. The Morgan fingerprint density at radius 1 is 0.405 bits per heavy atom. The maximum atomic E-state index is 15.7. The average molecular weight is 1030 g/mol. The smallest absolute Gasteiger partial charge is 0.330 e. The normalized spacial score (nSPS) is 15.2. The Morgan fingerprint density at radius 3 is 1.11 bits per heavy atom. The molecular weight excluding hydrogens is 937 g/mol. The van der Waals surface area contributed by atoms with E-state index < -0.39 is 39.7 Å². The summed E-state index contributed by atoms with van der Waals surface area (Å²) in [5.41, 5.74) is 8.30. The van der Waals surface area contributed by atoms with Crippen molar-refractivity contribution in [1.29, 1.82) is 0 Å². The van der Waals surface area contributed by atoms with Gasteiger partial charge in [0.2, 0.25) is 5.41 Å². The van der Waals surface area contributed by atoms with Gasteiger partial charge in [-0.25, -0.2) is 0 Å². The van der Waals surface area contributed by atoms with Crippen LogP contribution in [0.4, 0.5) is 26.3 Å². The summed E-state index contributed by atoms with van der Waals surface area (Å²) in [7, 11) is 8.54. The lowest BCUT2D eigenvalue weighted by Crippen LogP contribution is -2.55. The number of alkyl halides is 6. The van der Waals surface area contributed by atoms with E-state index in [-0.39, 0.29) is 22.8 Å². The number of hydrogen-bond donors (Lipinski definition) is 1. The molecule has 5 rings (SSSR count). The fourth-order valence-electron chi connectivity index (χ4n) is 13.6. The minimum Gasteiger partial charge on any atom is -0.330 e. The highest BCUT2D eigenvalue weighted by Crippen LogP contribution is 2.60. The van der Waals surface area contributed by atoms with Gasteiger partial charge in [-0.3, -0.25) is 0 Å². The number of benzene rings is 4. The highest BCUT2D eigenvalue weighted by atomic mass is 19.4. The van der Waals surface area contributed by atoms with Crippen LogP contribution in [0.2, 0.25) is 0 Å². The Morgan fingerprint density at radius 2 is 0.743 bits per heavy atom. The standard InChI is InChI=1S/C65H95F6N3/c1-14-58(8,15-2)48-29-33-50(34-30-48)63(64(66,67)68,65(69,70)71)51-35-31-49(32-36-51)62(20-7,47-72)61(18-5,19-6)53-38-40-55-54-39-37-52(59(9,16-3)17-4)45-56(54)60(57(55)46-53,41-25-21-23-27-43-73(10)11)42-26-22-24-28-44-74(12)13/h29-40,45-46H,14-28,41-44,47,72H2,1-13H3. The summed E-state index contributed by atoms with van der Waals surface area (Å²) < 4.78 is 94.0. The van der Waals surface area contributed by atoms with Crippen LogP contribution in [0.25, 0.3) is 11.1 Å². The molecule has 0 aromatic heterocycles. The molecule has 2 N–H and O–H groups in total. The van der Waals surface area contributed by atoms with Crippen LogP contribution < -0.4 is 5.73 Å². The van der Waals surface area contributed by atoms with E-state index in [1.807, 2.05) is 20.8 Å². The third kappa shape index (κ3) is 11.3. The molecule has 0 aliphatic heterocycles. The van der Waals surface area contributed by atoms with Gasteiger partial charge < -0.3 is 15.5 Å². The van der Waals surface area contributed by atoms with Gasteiger partial charge in [-0.2, -0.15) is 26.3 Å². The lowest BCUT2D eigenvalue weighted by Gasteiger charge is -2.51. The molecule has 1 unspecified atom stereocenters. The van der Waals surface area contributed by atoms with Crippen molar-refractivity contribution in [2.24, 2.45) is 5.73 Å². The molecule has 3 nitrogen and oxygen atoms in total. The second-order valence-electron chi connectivity index (χ2n) is 23.4. The Bertz CT molecular complexity index is 2330. The predicted molar refractivity (Wildman–Crippen MR) is 301 cm³/mol. The van der Waals surface area contributed by atoms with Crippen LogP contribution >= 0.6 is 0 Å². The topological polar surface area (TPSA) is 32.5 Å². The van der Waals surface area contributed by atoms with E-state index in [1.165, 1.54) is 64.9 Å². The van der Waals surface area contributed by atoms with Gasteiger partial charge in [0, 0.05) is 22.8 Å². The fourth-order valence-corrected chi connectivity index (χ4v) is 13.6. The van der Waals surface area contributed by atoms with Crippen molar-refractivity contribution in [2.75, 3.05) is 47.8 Å². The van der Waals surface area contributed by atoms with Crippen LogP contribution in [0.3, 0.4) is 0 Å². The van der Waals surface area contributed by atoms with Crippen molar-refractivity contribution in [3.63, 3.8) is 0 Å². The van der Waals surface area contributed by atoms with Gasteiger partial charge in [-0.1, -0.05) is 186 Å². The van der Waals surface area contributed by atoms with Gasteiger partial charge in [-0.15, -0.1) is 0 Å². The molecule has 0 bridgehead atoms. The van der Waals surface area contributed by atoms with E-state index >= 15 is 26.3 Å². The quantitative estimate of drug-likeness (QED) is 0.0435. The summed E-state index contributed by atoms with van der Waals surface area (Å²) in [5.74, 6) is 0. The van der Waals surface area contributed by atoms with Gasteiger partial charge in [0.1, 0.15) is 0 Å². The monoisotopic (exact) mass is 1030 g/mol. The molecular formula is C65H95F6N3. The third-order valence-corrected chi connectivity index (χ3v) is 19.5. The first-order valence-corrected chi connectivity index (χ1v) is 28.6. The third-order valence-electron chi connectivity index (χ3n) is 19.5. The van der Waals surface area contributed by atoms with Gasteiger partial charge in [0.05, 0.1) is 0 Å². The number of rotatable bonds is 29. The molecule has 74 heavy (non-hydrogen) atoms. The number of nitrogens with zero attached hydrogens (tertiary/aromatic N) is 2. The zero-order chi connectivity index (χ0) is 55.0. The first-order chi connectivity index (χ1) is 34.9. The molecule has 1 aliphatic rings. The second kappa shape index (κ2) is 24.8. The second-order valence-corrected chi connectivity index (χ2v) is 23.4. The highest BCUT2D eigenvalue weighted by molar-refractivity contribution is 5.82. The first kappa shape index (κ1) is 61.2. The molecule has 0 spiro atoms. The maximum Gasteiger partial charge on any atom is 0.411 e. The molecule has 0 fully saturated rings. The fraction of sp³-hybridized carbons (Fsp3) is 0.631. The van der Waals surface area contributed by atoms with Gasteiger partial charge in [-0.05, 0) is 178 Å². The van der Waals surface area contributed by atoms with Crippen LogP contribution in [-0.4, -0.2) is 70.0 Å². The number of hydrogen-bond acceptors (Lipinski definition) is 3. The minimum atomic E-state index is -5.70.